The molecular formula is C25H38N4O4S. The second-order valence-electron chi connectivity index (χ2n) is 10.1. The number of amides is 2. The number of piperidine rings is 1. The maximum absolute atomic E-state index is 13.2. The number of carbonyl (C=O) groups excluding carboxylic acids is 2. The van der Waals surface area contributed by atoms with Crippen molar-refractivity contribution in [3.05, 3.63) is 29.3 Å². The molecular weight excluding hydrogens is 452 g/mol. The number of carbonyl (C=O) groups is 2. The largest absolute Gasteiger partial charge is 0.353 e. The smallest absolute Gasteiger partial charge is 0.243 e. The molecule has 2 saturated heterocycles. The number of fused-ring (bicyclic) bond motifs is 1. The summed E-state index contributed by atoms with van der Waals surface area (Å²) >= 11 is 0. The Bertz CT molecular complexity index is 994. The SMILES string of the molecule is CC(C)NC(=O)CN1CCN(C(=O)C2CCN(S(=O)(=O)c3ccc4c(c3)CCCC4)CC2)CC1. The minimum Gasteiger partial charge on any atom is -0.353 e. The Balaban J connectivity index is 1.27. The van der Waals surface area contributed by atoms with Crippen LogP contribution in [0.25, 0.3) is 0 Å². The van der Waals surface area contributed by atoms with E-state index in [1.165, 1.54) is 17.5 Å². The zero-order valence-electron chi connectivity index (χ0n) is 20.5. The fraction of sp³-hybridized carbons (Fsp3) is 0.680. The number of benzene rings is 1. The molecule has 3 aliphatic rings. The molecule has 8 nitrogen and oxygen atoms in total. The third kappa shape index (κ3) is 5.80. The summed E-state index contributed by atoms with van der Waals surface area (Å²) in [6, 6.07) is 5.71. The van der Waals surface area contributed by atoms with Crippen LogP contribution in [-0.4, -0.2) is 86.2 Å². The number of aryl methyl sites for hydroxylation is 2. The average Bonchev–Trinajstić information content (AvgIpc) is 2.83. The quantitative estimate of drug-likeness (QED) is 0.655. The number of sulfonamides is 1. The molecule has 1 aromatic rings. The second-order valence-corrected chi connectivity index (χ2v) is 12.1. The summed E-state index contributed by atoms with van der Waals surface area (Å²) in [4.78, 5) is 29.4. The first-order chi connectivity index (χ1) is 16.2. The van der Waals surface area contributed by atoms with Crippen LogP contribution in [-0.2, 0) is 32.5 Å². The van der Waals surface area contributed by atoms with Crippen molar-refractivity contribution in [3.63, 3.8) is 0 Å². The Labute approximate surface area is 203 Å². The third-order valence-corrected chi connectivity index (χ3v) is 9.16. The molecule has 2 amide bonds. The Morgan fingerprint density at radius 1 is 0.971 bits per heavy atom. The van der Waals surface area contributed by atoms with Gasteiger partial charge in [0.1, 0.15) is 0 Å². The molecule has 188 valence electrons. The summed E-state index contributed by atoms with van der Waals surface area (Å²) in [6.45, 7) is 7.60. The lowest BCUT2D eigenvalue weighted by Crippen LogP contribution is -2.53. The van der Waals surface area contributed by atoms with Gasteiger partial charge in [-0.05, 0) is 75.6 Å². The zero-order chi connectivity index (χ0) is 24.3. The van der Waals surface area contributed by atoms with E-state index in [2.05, 4.69) is 10.2 Å². The maximum atomic E-state index is 13.2. The topological polar surface area (TPSA) is 90.0 Å². The number of nitrogens with one attached hydrogen (secondary N) is 1. The van der Waals surface area contributed by atoms with Gasteiger partial charge in [0.25, 0.3) is 0 Å². The van der Waals surface area contributed by atoms with E-state index >= 15 is 0 Å². The lowest BCUT2D eigenvalue weighted by atomic mass is 9.92. The molecule has 2 aliphatic heterocycles. The van der Waals surface area contributed by atoms with Crippen LogP contribution in [0, 0.1) is 5.92 Å². The Hall–Kier alpha value is -1.97. The molecule has 0 unspecified atom stereocenters. The molecule has 0 atom stereocenters. The van der Waals surface area contributed by atoms with E-state index in [1.54, 1.807) is 10.4 Å². The van der Waals surface area contributed by atoms with E-state index in [9.17, 15) is 18.0 Å². The fourth-order valence-electron chi connectivity index (χ4n) is 5.32. The maximum Gasteiger partial charge on any atom is 0.243 e. The van der Waals surface area contributed by atoms with Crippen LogP contribution >= 0.6 is 0 Å². The van der Waals surface area contributed by atoms with E-state index in [4.69, 9.17) is 0 Å². The standard InChI is InChI=1S/C25H38N4O4S/c1-19(2)26-24(30)18-27-13-15-28(16-14-27)25(31)21-9-11-29(12-10-21)34(32,33)23-8-7-20-5-3-4-6-22(20)17-23/h7-8,17,19,21H,3-6,9-16,18H2,1-2H3,(H,26,30). The van der Waals surface area contributed by atoms with Crippen LogP contribution in [0.15, 0.2) is 23.1 Å². The number of hydrogen-bond acceptors (Lipinski definition) is 5. The monoisotopic (exact) mass is 490 g/mol. The van der Waals surface area contributed by atoms with Crippen molar-refractivity contribution in [2.45, 2.75) is 63.3 Å². The van der Waals surface area contributed by atoms with Gasteiger partial charge in [0, 0.05) is 51.2 Å². The number of hydrogen-bond donors (Lipinski definition) is 1. The van der Waals surface area contributed by atoms with Crippen LogP contribution in [0.5, 0.6) is 0 Å². The van der Waals surface area contributed by atoms with E-state index in [1.807, 2.05) is 30.9 Å². The Kier molecular flexibility index (Phi) is 7.94. The molecule has 0 saturated carbocycles. The lowest BCUT2D eigenvalue weighted by molar-refractivity contribution is -0.138. The summed E-state index contributed by atoms with van der Waals surface area (Å²) < 4.78 is 28.0. The van der Waals surface area contributed by atoms with Gasteiger partial charge >= 0.3 is 0 Å². The van der Waals surface area contributed by atoms with Gasteiger partial charge in [0.15, 0.2) is 0 Å². The number of piperazine rings is 1. The van der Waals surface area contributed by atoms with E-state index in [0.717, 1.165) is 19.3 Å². The molecule has 0 radical (unpaired) electrons. The number of rotatable bonds is 6. The minimum atomic E-state index is -3.53. The highest BCUT2D eigenvalue weighted by Crippen LogP contribution is 2.29. The minimum absolute atomic E-state index is 0.0160. The van der Waals surface area contributed by atoms with Crippen molar-refractivity contribution in [2.24, 2.45) is 5.92 Å². The van der Waals surface area contributed by atoms with Gasteiger partial charge in [-0.3, -0.25) is 14.5 Å². The van der Waals surface area contributed by atoms with Gasteiger partial charge < -0.3 is 10.2 Å². The first kappa shape index (κ1) is 25.1. The van der Waals surface area contributed by atoms with Gasteiger partial charge in [-0.1, -0.05) is 6.07 Å². The van der Waals surface area contributed by atoms with Gasteiger partial charge in [-0.25, -0.2) is 8.42 Å². The van der Waals surface area contributed by atoms with Crippen LogP contribution in [0.1, 0.15) is 50.7 Å². The molecule has 9 heteroatoms. The lowest BCUT2D eigenvalue weighted by Gasteiger charge is -2.38. The first-order valence-corrected chi connectivity index (χ1v) is 14.1. The molecule has 2 fully saturated rings. The summed E-state index contributed by atoms with van der Waals surface area (Å²) in [5.74, 6) is 0.00478. The zero-order valence-corrected chi connectivity index (χ0v) is 21.3. The van der Waals surface area contributed by atoms with Gasteiger partial charge in [0.2, 0.25) is 21.8 Å². The Morgan fingerprint density at radius 3 is 2.26 bits per heavy atom. The van der Waals surface area contributed by atoms with Crippen LogP contribution in [0.3, 0.4) is 0 Å². The van der Waals surface area contributed by atoms with Crippen molar-refractivity contribution >= 4 is 21.8 Å². The van der Waals surface area contributed by atoms with E-state index in [0.29, 0.717) is 63.6 Å². The van der Waals surface area contributed by atoms with Gasteiger partial charge in [-0.15, -0.1) is 0 Å². The molecule has 0 aromatic heterocycles. The van der Waals surface area contributed by atoms with Crippen molar-refractivity contribution < 1.29 is 18.0 Å². The summed E-state index contributed by atoms with van der Waals surface area (Å²) in [5, 5.41) is 2.90. The summed E-state index contributed by atoms with van der Waals surface area (Å²) in [7, 11) is -3.53. The first-order valence-electron chi connectivity index (χ1n) is 12.7. The van der Waals surface area contributed by atoms with Crippen LogP contribution in [0.4, 0.5) is 0 Å². The Morgan fingerprint density at radius 2 is 1.62 bits per heavy atom. The molecule has 0 spiro atoms. The molecule has 1 N–H and O–H groups in total. The molecule has 1 aromatic carbocycles. The third-order valence-electron chi connectivity index (χ3n) is 7.26. The second kappa shape index (κ2) is 10.7. The van der Waals surface area contributed by atoms with Crippen LogP contribution in [0.2, 0.25) is 0 Å². The van der Waals surface area contributed by atoms with Gasteiger partial charge in [0.05, 0.1) is 11.4 Å². The van der Waals surface area contributed by atoms with Crippen LogP contribution < -0.4 is 5.32 Å². The molecule has 2 heterocycles. The highest BCUT2D eigenvalue weighted by atomic mass is 32.2. The highest BCUT2D eigenvalue weighted by Gasteiger charge is 2.35. The summed E-state index contributed by atoms with van der Waals surface area (Å²) in [6.07, 6.45) is 5.38. The average molecular weight is 491 g/mol. The molecule has 1 aliphatic carbocycles. The number of nitrogens with zero attached hydrogens (tertiary/aromatic N) is 3. The van der Waals surface area contributed by atoms with Crippen molar-refractivity contribution in [3.8, 4) is 0 Å². The molecule has 0 bridgehead atoms. The predicted octanol–water partition coefficient (Wildman–Crippen LogP) is 1.63. The molecule has 4 rings (SSSR count). The normalized spacial score (nSPS) is 20.9. The van der Waals surface area contributed by atoms with Crippen molar-refractivity contribution in [2.75, 3.05) is 45.8 Å². The van der Waals surface area contributed by atoms with Crippen molar-refractivity contribution in [1.29, 1.82) is 0 Å². The van der Waals surface area contributed by atoms with Crippen molar-refractivity contribution in [1.82, 2.24) is 19.4 Å². The highest BCUT2D eigenvalue weighted by molar-refractivity contribution is 7.89. The molecule has 34 heavy (non-hydrogen) atoms. The van der Waals surface area contributed by atoms with E-state index < -0.39 is 10.0 Å². The van der Waals surface area contributed by atoms with Gasteiger partial charge in [-0.2, -0.15) is 4.31 Å². The predicted molar refractivity (Wildman–Crippen MR) is 131 cm³/mol. The van der Waals surface area contributed by atoms with E-state index in [-0.39, 0.29) is 23.8 Å². The fourth-order valence-corrected chi connectivity index (χ4v) is 6.84. The summed E-state index contributed by atoms with van der Waals surface area (Å²) in [5.41, 5.74) is 2.44.